The third-order valence-electron chi connectivity index (χ3n) is 4.02. The lowest BCUT2D eigenvalue weighted by Gasteiger charge is -2.08. The molecule has 6 nitrogen and oxygen atoms in total. The molecule has 1 aliphatic heterocycles. The highest BCUT2D eigenvalue weighted by Gasteiger charge is 2.30. The first kappa shape index (κ1) is 19.2. The minimum absolute atomic E-state index is 0.0891. The molecule has 0 bridgehead atoms. The lowest BCUT2D eigenvalue weighted by atomic mass is 9.99. The molecule has 142 valence electrons. The number of esters is 1. The molecule has 0 aliphatic carbocycles. The maximum absolute atomic E-state index is 13.1. The minimum atomic E-state index is -0.720. The maximum atomic E-state index is 13.1. The van der Waals surface area contributed by atoms with E-state index in [1.165, 1.54) is 31.2 Å². The molecular formula is C21H17FN2O4. The molecule has 28 heavy (non-hydrogen) atoms. The fourth-order valence-electron chi connectivity index (χ4n) is 2.76. The Bertz CT molecular complexity index is 1030. The van der Waals surface area contributed by atoms with Crippen molar-refractivity contribution in [3.63, 3.8) is 0 Å². The number of hydrogen-bond acceptors (Lipinski definition) is 4. The summed E-state index contributed by atoms with van der Waals surface area (Å²) in [7, 11) is 0. The summed E-state index contributed by atoms with van der Waals surface area (Å²) in [5, 5.41) is 10.0. The van der Waals surface area contributed by atoms with Gasteiger partial charge in [0.25, 0.3) is 5.91 Å². The second kappa shape index (κ2) is 7.96. The van der Waals surface area contributed by atoms with Crippen LogP contribution in [0.5, 0.6) is 0 Å². The number of carbonyl (C=O) groups excluding carboxylic acids is 2. The van der Waals surface area contributed by atoms with E-state index < -0.39 is 17.7 Å². The fraction of sp³-hybridized carbons (Fsp3) is 0.143. The molecule has 0 aromatic heterocycles. The van der Waals surface area contributed by atoms with Crippen LogP contribution in [0.4, 0.5) is 4.39 Å². The van der Waals surface area contributed by atoms with Gasteiger partial charge in [-0.2, -0.15) is 4.99 Å². The molecule has 2 aromatic carbocycles. The van der Waals surface area contributed by atoms with Crippen LogP contribution in [0, 0.1) is 5.82 Å². The Kier molecular flexibility index (Phi) is 5.44. The highest BCUT2D eigenvalue weighted by molar-refractivity contribution is 6.36. The largest absolute Gasteiger partial charge is 0.512 e. The standard InChI is InChI=1S/C21H17FN2O4/c1-3-28-21(27)17(12(2)25)18-15-6-4-5-7-16(15)19(23-18)24-20(26)13-8-10-14(22)11-9-13/h4-11,25H,3H2,1-2H3/b17-12+,24-19?. The van der Waals surface area contributed by atoms with E-state index in [4.69, 9.17) is 4.74 Å². The number of fused-ring (bicyclic) bond motifs is 1. The van der Waals surface area contributed by atoms with Crippen molar-refractivity contribution >= 4 is 23.4 Å². The summed E-state index contributed by atoms with van der Waals surface area (Å²) in [6.45, 7) is 3.14. The number of halogens is 1. The van der Waals surface area contributed by atoms with Gasteiger partial charge in [0.05, 0.1) is 12.3 Å². The smallest absolute Gasteiger partial charge is 0.343 e. The number of amides is 1. The van der Waals surface area contributed by atoms with Gasteiger partial charge < -0.3 is 9.84 Å². The molecule has 0 saturated heterocycles. The van der Waals surface area contributed by atoms with Crippen molar-refractivity contribution < 1.29 is 23.8 Å². The van der Waals surface area contributed by atoms with Gasteiger partial charge in [0.1, 0.15) is 17.1 Å². The Morgan fingerprint density at radius 1 is 1.11 bits per heavy atom. The molecule has 1 N–H and O–H groups in total. The second-order valence-corrected chi connectivity index (χ2v) is 5.93. The van der Waals surface area contributed by atoms with Gasteiger partial charge in [0, 0.05) is 16.7 Å². The first-order valence-electron chi connectivity index (χ1n) is 8.56. The molecule has 3 rings (SSSR count). The molecule has 7 heteroatoms. The van der Waals surface area contributed by atoms with Crippen molar-refractivity contribution in [2.75, 3.05) is 6.61 Å². The molecule has 0 radical (unpaired) electrons. The second-order valence-electron chi connectivity index (χ2n) is 5.93. The number of aliphatic hydroxyl groups is 1. The Labute approximate surface area is 160 Å². The summed E-state index contributed by atoms with van der Waals surface area (Å²) in [5.74, 6) is -1.93. The normalized spacial score (nSPS) is 15.0. The van der Waals surface area contributed by atoms with E-state index in [1.54, 1.807) is 31.2 Å². The van der Waals surface area contributed by atoms with Crippen LogP contribution < -0.4 is 0 Å². The SMILES string of the molecule is CCOC(=O)/C(C1=NC(=NC(=O)c2ccc(F)cc2)c2ccccc21)=C(\C)O. The lowest BCUT2D eigenvalue weighted by molar-refractivity contribution is -0.138. The van der Waals surface area contributed by atoms with Crippen LogP contribution in [0.1, 0.15) is 35.3 Å². The monoisotopic (exact) mass is 380 g/mol. The van der Waals surface area contributed by atoms with Crippen LogP contribution in [-0.4, -0.2) is 35.1 Å². The van der Waals surface area contributed by atoms with E-state index in [2.05, 4.69) is 9.98 Å². The van der Waals surface area contributed by atoms with Crippen molar-refractivity contribution in [2.24, 2.45) is 9.98 Å². The van der Waals surface area contributed by atoms with Crippen LogP contribution in [0.15, 0.2) is 69.8 Å². The van der Waals surface area contributed by atoms with Crippen LogP contribution in [-0.2, 0) is 9.53 Å². The van der Waals surface area contributed by atoms with Crippen LogP contribution in [0.2, 0.25) is 0 Å². The predicted octanol–water partition coefficient (Wildman–Crippen LogP) is 3.61. The van der Waals surface area contributed by atoms with Crippen LogP contribution >= 0.6 is 0 Å². The summed E-state index contributed by atoms with van der Waals surface area (Å²) in [6.07, 6.45) is 0. The molecule has 0 atom stereocenters. The predicted molar refractivity (Wildman–Crippen MR) is 102 cm³/mol. The summed E-state index contributed by atoms with van der Waals surface area (Å²) in [4.78, 5) is 33.1. The molecular weight excluding hydrogens is 363 g/mol. The number of nitrogens with zero attached hydrogens (tertiary/aromatic N) is 2. The summed E-state index contributed by atoms with van der Waals surface area (Å²) >= 11 is 0. The van der Waals surface area contributed by atoms with Gasteiger partial charge in [-0.3, -0.25) is 4.79 Å². The summed E-state index contributed by atoms with van der Waals surface area (Å²) < 4.78 is 18.1. The Balaban J connectivity index is 2.08. The molecule has 2 aromatic rings. The summed E-state index contributed by atoms with van der Waals surface area (Å²) in [6, 6.07) is 11.9. The van der Waals surface area contributed by atoms with E-state index >= 15 is 0 Å². The number of allylic oxidation sites excluding steroid dienone is 1. The number of aliphatic hydroxyl groups excluding tert-OH is 1. The highest BCUT2D eigenvalue weighted by Crippen LogP contribution is 2.25. The fourth-order valence-corrected chi connectivity index (χ4v) is 2.76. The van der Waals surface area contributed by atoms with Crippen molar-refractivity contribution in [1.29, 1.82) is 0 Å². The first-order chi connectivity index (χ1) is 13.4. The average molecular weight is 380 g/mol. The van der Waals surface area contributed by atoms with E-state index in [9.17, 15) is 19.1 Å². The van der Waals surface area contributed by atoms with E-state index in [0.717, 1.165) is 0 Å². The summed E-state index contributed by atoms with van der Waals surface area (Å²) in [5.41, 5.74) is 1.38. The van der Waals surface area contributed by atoms with Gasteiger partial charge in [0.2, 0.25) is 0 Å². The van der Waals surface area contributed by atoms with Gasteiger partial charge in [-0.25, -0.2) is 14.2 Å². The zero-order chi connectivity index (χ0) is 20.3. The Hall–Kier alpha value is -3.61. The van der Waals surface area contributed by atoms with Gasteiger partial charge in [-0.1, -0.05) is 24.3 Å². The zero-order valence-corrected chi connectivity index (χ0v) is 15.3. The average Bonchev–Trinajstić information content (AvgIpc) is 3.00. The van der Waals surface area contributed by atoms with Gasteiger partial charge in [0.15, 0.2) is 5.84 Å². The molecule has 1 aliphatic rings. The number of hydrogen-bond donors (Lipinski definition) is 1. The molecule has 0 unspecified atom stereocenters. The van der Waals surface area contributed by atoms with Gasteiger partial charge >= 0.3 is 5.97 Å². The number of aliphatic imine (C=N–C) groups is 2. The number of benzene rings is 2. The third-order valence-corrected chi connectivity index (χ3v) is 4.02. The first-order valence-corrected chi connectivity index (χ1v) is 8.56. The van der Waals surface area contributed by atoms with Crippen molar-refractivity contribution in [2.45, 2.75) is 13.8 Å². The van der Waals surface area contributed by atoms with E-state index in [1.807, 2.05) is 0 Å². The topological polar surface area (TPSA) is 88.3 Å². The quantitative estimate of drug-likeness (QED) is 0.499. The van der Waals surface area contributed by atoms with Gasteiger partial charge in [-0.05, 0) is 38.1 Å². The Morgan fingerprint density at radius 2 is 1.75 bits per heavy atom. The Morgan fingerprint density at radius 3 is 2.36 bits per heavy atom. The minimum Gasteiger partial charge on any atom is -0.512 e. The molecule has 0 spiro atoms. The number of amidine groups is 1. The lowest BCUT2D eigenvalue weighted by Crippen LogP contribution is -2.18. The molecule has 0 saturated carbocycles. The van der Waals surface area contributed by atoms with Crippen LogP contribution in [0.3, 0.4) is 0 Å². The van der Waals surface area contributed by atoms with Crippen molar-refractivity contribution in [1.82, 2.24) is 0 Å². The maximum Gasteiger partial charge on any atom is 0.343 e. The van der Waals surface area contributed by atoms with Crippen molar-refractivity contribution in [3.05, 3.63) is 82.4 Å². The van der Waals surface area contributed by atoms with Gasteiger partial charge in [-0.15, -0.1) is 0 Å². The third kappa shape index (κ3) is 3.73. The molecule has 0 fully saturated rings. The van der Waals surface area contributed by atoms with Crippen LogP contribution in [0.25, 0.3) is 0 Å². The number of rotatable bonds is 4. The van der Waals surface area contributed by atoms with E-state index in [-0.39, 0.29) is 35.0 Å². The molecule has 1 heterocycles. The van der Waals surface area contributed by atoms with E-state index in [0.29, 0.717) is 11.1 Å². The molecule has 1 amide bonds. The number of carbonyl (C=O) groups is 2. The number of ether oxygens (including phenoxy) is 1. The highest BCUT2D eigenvalue weighted by atomic mass is 19.1. The zero-order valence-electron chi connectivity index (χ0n) is 15.3. The van der Waals surface area contributed by atoms with Crippen molar-refractivity contribution in [3.8, 4) is 0 Å².